The second kappa shape index (κ2) is 8.76. The molecule has 1 amide bonds. The normalized spacial score (nSPS) is 15.1. The molecule has 1 saturated heterocycles. The van der Waals surface area contributed by atoms with E-state index in [1.807, 2.05) is 23.1 Å². The van der Waals surface area contributed by atoms with Crippen molar-refractivity contribution in [3.63, 3.8) is 0 Å². The molecule has 2 aromatic rings. The molecule has 3 rings (SSSR count). The molecule has 0 atom stereocenters. The molecule has 0 unspecified atom stereocenters. The van der Waals surface area contributed by atoms with Crippen LogP contribution in [0.15, 0.2) is 48.5 Å². The van der Waals surface area contributed by atoms with Gasteiger partial charge in [-0.3, -0.25) is 9.69 Å². The van der Waals surface area contributed by atoms with Crippen LogP contribution in [-0.4, -0.2) is 48.4 Å². The van der Waals surface area contributed by atoms with Gasteiger partial charge in [-0.15, -0.1) is 0 Å². The summed E-state index contributed by atoms with van der Waals surface area (Å²) >= 11 is 0. The molecule has 1 fully saturated rings. The van der Waals surface area contributed by atoms with Crippen molar-refractivity contribution in [2.45, 2.75) is 13.0 Å². The molecule has 0 bridgehead atoms. The van der Waals surface area contributed by atoms with Crippen molar-refractivity contribution in [1.29, 1.82) is 0 Å². The maximum absolute atomic E-state index is 13.2. The highest BCUT2D eigenvalue weighted by atomic mass is 19.2. The molecule has 1 aliphatic rings. The fraction of sp³-hybridized carbons (Fsp3) is 0.350. The number of amides is 1. The summed E-state index contributed by atoms with van der Waals surface area (Å²) in [5, 5.41) is 2.96. The van der Waals surface area contributed by atoms with Gasteiger partial charge >= 0.3 is 0 Å². The first-order valence-corrected chi connectivity index (χ1v) is 8.85. The molecule has 4 nitrogen and oxygen atoms in total. The number of nitrogens with zero attached hydrogens (tertiary/aromatic N) is 2. The van der Waals surface area contributed by atoms with Crippen LogP contribution < -0.4 is 5.32 Å². The Bertz CT molecular complexity index is 731. The van der Waals surface area contributed by atoms with Crippen molar-refractivity contribution in [2.75, 3.05) is 38.0 Å². The molecule has 0 aliphatic carbocycles. The van der Waals surface area contributed by atoms with Crippen LogP contribution in [0.1, 0.15) is 12.0 Å². The van der Waals surface area contributed by atoms with Gasteiger partial charge in [0.15, 0.2) is 11.6 Å². The van der Waals surface area contributed by atoms with E-state index < -0.39 is 11.6 Å². The van der Waals surface area contributed by atoms with E-state index in [0.717, 1.165) is 44.9 Å². The lowest BCUT2D eigenvalue weighted by atomic mass is 10.2. The number of rotatable bonds is 6. The highest BCUT2D eigenvalue weighted by molar-refractivity contribution is 5.76. The summed E-state index contributed by atoms with van der Waals surface area (Å²) in [4.78, 5) is 16.5. The summed E-state index contributed by atoms with van der Waals surface area (Å²) in [6.07, 6.45) is 0.331. The molecular formula is C20H23F2N3O. The Morgan fingerprint density at radius 1 is 0.962 bits per heavy atom. The van der Waals surface area contributed by atoms with E-state index in [2.05, 4.69) is 22.3 Å². The number of piperazine rings is 1. The lowest BCUT2D eigenvalue weighted by Gasteiger charge is -2.34. The van der Waals surface area contributed by atoms with Gasteiger partial charge in [0.25, 0.3) is 0 Å². The van der Waals surface area contributed by atoms with Gasteiger partial charge in [-0.25, -0.2) is 8.78 Å². The predicted molar refractivity (Wildman–Crippen MR) is 97.8 cm³/mol. The topological polar surface area (TPSA) is 35.6 Å². The molecule has 6 heteroatoms. The number of hydrogen-bond donors (Lipinski definition) is 1. The summed E-state index contributed by atoms with van der Waals surface area (Å²) in [6, 6.07) is 13.9. The zero-order valence-electron chi connectivity index (χ0n) is 14.6. The minimum absolute atomic E-state index is 0.0828. The summed E-state index contributed by atoms with van der Waals surface area (Å²) in [7, 11) is 0. The van der Waals surface area contributed by atoms with Crippen molar-refractivity contribution in [3.05, 3.63) is 65.7 Å². The monoisotopic (exact) mass is 359 g/mol. The molecule has 1 heterocycles. The number of halogens is 2. The van der Waals surface area contributed by atoms with Crippen LogP contribution in [0, 0.1) is 11.6 Å². The predicted octanol–water partition coefficient (Wildman–Crippen LogP) is 3.11. The lowest BCUT2D eigenvalue weighted by Crippen LogP contribution is -2.48. The van der Waals surface area contributed by atoms with Crippen LogP contribution in [0.4, 0.5) is 14.5 Å². The van der Waals surface area contributed by atoms with Gasteiger partial charge in [0, 0.05) is 51.4 Å². The van der Waals surface area contributed by atoms with Gasteiger partial charge in [0.2, 0.25) is 5.91 Å². The average molecular weight is 359 g/mol. The van der Waals surface area contributed by atoms with Gasteiger partial charge in [0.05, 0.1) is 0 Å². The molecule has 1 N–H and O–H groups in total. The molecule has 0 saturated carbocycles. The number of carbonyl (C=O) groups excluding carboxylic acids is 1. The Labute approximate surface area is 152 Å². The fourth-order valence-corrected chi connectivity index (χ4v) is 3.07. The first-order chi connectivity index (χ1) is 12.6. The maximum Gasteiger partial charge on any atom is 0.224 e. The summed E-state index contributed by atoms with van der Waals surface area (Å²) < 4.78 is 26.0. The number of carbonyl (C=O) groups is 1. The number of anilines is 1. The standard InChI is InChI=1S/C20H23F2N3O/c21-18-7-6-17(14-19(18)22)23-9-8-20(26)25-12-10-24(11-13-25)15-16-4-2-1-3-5-16/h1-7,14,23H,8-13,15H2. The summed E-state index contributed by atoms with van der Waals surface area (Å²) in [5.74, 6) is -1.68. The van der Waals surface area contributed by atoms with E-state index in [9.17, 15) is 13.6 Å². The van der Waals surface area contributed by atoms with Crippen LogP contribution in [0.3, 0.4) is 0 Å². The molecule has 0 aromatic heterocycles. The van der Waals surface area contributed by atoms with Crippen LogP contribution in [0.2, 0.25) is 0 Å². The van der Waals surface area contributed by atoms with E-state index in [-0.39, 0.29) is 5.91 Å². The minimum atomic E-state index is -0.893. The Hall–Kier alpha value is -2.47. The zero-order valence-corrected chi connectivity index (χ0v) is 14.6. The first kappa shape index (κ1) is 18.3. The summed E-state index contributed by atoms with van der Waals surface area (Å²) in [5.41, 5.74) is 1.76. The largest absolute Gasteiger partial charge is 0.384 e. The Morgan fingerprint density at radius 2 is 1.69 bits per heavy atom. The fourth-order valence-electron chi connectivity index (χ4n) is 3.07. The summed E-state index contributed by atoms with van der Waals surface area (Å²) in [6.45, 7) is 4.46. The number of nitrogens with one attached hydrogen (secondary N) is 1. The van der Waals surface area contributed by atoms with E-state index in [1.54, 1.807) is 0 Å². The molecule has 2 aromatic carbocycles. The highest BCUT2D eigenvalue weighted by Crippen LogP contribution is 2.13. The molecular weight excluding hydrogens is 336 g/mol. The van der Waals surface area contributed by atoms with Crippen molar-refractivity contribution in [1.82, 2.24) is 9.80 Å². The first-order valence-electron chi connectivity index (χ1n) is 8.85. The lowest BCUT2D eigenvalue weighted by molar-refractivity contribution is -0.132. The van der Waals surface area contributed by atoms with Crippen molar-refractivity contribution in [2.24, 2.45) is 0 Å². The van der Waals surface area contributed by atoms with Crippen LogP contribution in [-0.2, 0) is 11.3 Å². The number of hydrogen-bond acceptors (Lipinski definition) is 3. The maximum atomic E-state index is 13.2. The third kappa shape index (κ3) is 5.02. The van der Waals surface area contributed by atoms with Gasteiger partial charge < -0.3 is 10.2 Å². The number of benzene rings is 2. The average Bonchev–Trinajstić information content (AvgIpc) is 2.66. The zero-order chi connectivity index (χ0) is 18.4. The van der Waals surface area contributed by atoms with E-state index in [1.165, 1.54) is 11.6 Å². The quantitative estimate of drug-likeness (QED) is 0.861. The molecule has 0 spiro atoms. The smallest absolute Gasteiger partial charge is 0.224 e. The van der Waals surface area contributed by atoms with Crippen LogP contribution >= 0.6 is 0 Å². The third-order valence-electron chi connectivity index (χ3n) is 4.56. The van der Waals surface area contributed by atoms with Gasteiger partial charge in [-0.2, -0.15) is 0 Å². The molecule has 0 radical (unpaired) electrons. The van der Waals surface area contributed by atoms with Crippen molar-refractivity contribution >= 4 is 11.6 Å². The van der Waals surface area contributed by atoms with Gasteiger partial charge in [0.1, 0.15) is 0 Å². The second-order valence-electron chi connectivity index (χ2n) is 6.45. The van der Waals surface area contributed by atoms with E-state index in [4.69, 9.17) is 0 Å². The molecule has 1 aliphatic heterocycles. The highest BCUT2D eigenvalue weighted by Gasteiger charge is 2.20. The Kier molecular flexibility index (Phi) is 6.17. The van der Waals surface area contributed by atoms with Crippen LogP contribution in [0.5, 0.6) is 0 Å². The van der Waals surface area contributed by atoms with Gasteiger partial charge in [-0.05, 0) is 23.8 Å². The third-order valence-corrected chi connectivity index (χ3v) is 4.56. The van der Waals surface area contributed by atoms with Crippen molar-refractivity contribution < 1.29 is 13.6 Å². The van der Waals surface area contributed by atoms with Gasteiger partial charge in [-0.1, -0.05) is 30.3 Å². The Balaban J connectivity index is 1.38. The molecule has 138 valence electrons. The van der Waals surface area contributed by atoms with E-state index >= 15 is 0 Å². The Morgan fingerprint density at radius 3 is 2.38 bits per heavy atom. The van der Waals surface area contributed by atoms with Crippen LogP contribution in [0.25, 0.3) is 0 Å². The SMILES string of the molecule is O=C(CCNc1ccc(F)c(F)c1)N1CCN(Cc2ccccc2)CC1. The molecule has 26 heavy (non-hydrogen) atoms. The van der Waals surface area contributed by atoms with E-state index in [0.29, 0.717) is 18.7 Å². The second-order valence-corrected chi connectivity index (χ2v) is 6.45. The van der Waals surface area contributed by atoms with Crippen molar-refractivity contribution in [3.8, 4) is 0 Å². The minimum Gasteiger partial charge on any atom is -0.384 e.